The largest absolute Gasteiger partial charge is 1.00 e. The van der Waals surface area contributed by atoms with Crippen molar-refractivity contribution in [3.05, 3.63) is 73.1 Å². The van der Waals surface area contributed by atoms with Crippen LogP contribution in [0.15, 0.2) is 73.1 Å². The van der Waals surface area contributed by atoms with E-state index in [4.69, 9.17) is 14.5 Å². The summed E-state index contributed by atoms with van der Waals surface area (Å²) in [5, 5.41) is 8.92. The Morgan fingerprint density at radius 3 is 1.63 bits per heavy atom. The van der Waals surface area contributed by atoms with E-state index >= 15 is 0 Å². The molecule has 0 spiro atoms. The molecule has 0 aliphatic carbocycles. The zero-order valence-corrected chi connectivity index (χ0v) is 19.1. The lowest BCUT2D eigenvalue weighted by Crippen LogP contribution is -3.00. The third-order valence-electron chi connectivity index (χ3n) is 4.65. The second kappa shape index (κ2) is 9.62. The van der Waals surface area contributed by atoms with Crippen LogP contribution in [0.5, 0.6) is 11.5 Å². The fourth-order valence-electron chi connectivity index (χ4n) is 2.99. The van der Waals surface area contributed by atoms with E-state index in [9.17, 15) is 0 Å². The number of hydrogen-bond donors (Lipinski definition) is 0. The minimum Gasteiger partial charge on any atom is -1.00 e. The van der Waals surface area contributed by atoms with Crippen LogP contribution >= 0.6 is 0 Å². The standard InChI is InChI=1S/C23H21N4O2.HI/c1-27-14-12-18(13-15-27)23-24-21(16-4-8-19(28-2)9-5-16)22(25-26-23)17-6-10-20(29-3)11-7-17;/h4-15H,1-3H3;1H/q+1;/p-1. The number of hydrogen-bond acceptors (Lipinski definition) is 5. The summed E-state index contributed by atoms with van der Waals surface area (Å²) in [6.07, 6.45) is 3.92. The minimum absolute atomic E-state index is 0. The van der Waals surface area contributed by atoms with Gasteiger partial charge in [0.1, 0.15) is 29.9 Å². The van der Waals surface area contributed by atoms with Crippen molar-refractivity contribution in [1.29, 1.82) is 0 Å². The van der Waals surface area contributed by atoms with Crippen molar-refractivity contribution in [2.45, 2.75) is 0 Å². The second-order valence-electron chi connectivity index (χ2n) is 6.54. The van der Waals surface area contributed by atoms with Crippen molar-refractivity contribution in [3.63, 3.8) is 0 Å². The molecule has 0 aliphatic heterocycles. The summed E-state index contributed by atoms with van der Waals surface area (Å²) in [6, 6.07) is 19.5. The van der Waals surface area contributed by atoms with Crippen LogP contribution in [-0.2, 0) is 7.05 Å². The maximum absolute atomic E-state index is 5.29. The molecule has 0 unspecified atom stereocenters. The first-order valence-corrected chi connectivity index (χ1v) is 9.17. The molecule has 6 nitrogen and oxygen atoms in total. The number of methoxy groups -OCH3 is 2. The number of nitrogens with zero attached hydrogens (tertiary/aromatic N) is 4. The minimum atomic E-state index is 0. The predicted octanol–water partition coefficient (Wildman–Crippen LogP) is 0.718. The van der Waals surface area contributed by atoms with E-state index in [1.54, 1.807) is 14.2 Å². The number of pyridine rings is 1. The number of aromatic nitrogens is 4. The summed E-state index contributed by atoms with van der Waals surface area (Å²) in [5.74, 6) is 2.15. The monoisotopic (exact) mass is 512 g/mol. The van der Waals surface area contributed by atoms with Gasteiger partial charge in [-0.15, -0.1) is 10.2 Å². The highest BCUT2D eigenvalue weighted by Crippen LogP contribution is 2.31. The van der Waals surface area contributed by atoms with Gasteiger partial charge in [-0.05, 0) is 48.5 Å². The van der Waals surface area contributed by atoms with Gasteiger partial charge in [-0.3, -0.25) is 0 Å². The maximum atomic E-state index is 5.29. The zero-order valence-electron chi connectivity index (χ0n) is 16.9. The first kappa shape index (κ1) is 21.6. The molecule has 0 atom stereocenters. The Morgan fingerprint density at radius 1 is 0.633 bits per heavy atom. The van der Waals surface area contributed by atoms with Crippen molar-refractivity contribution < 1.29 is 38.0 Å². The summed E-state index contributed by atoms with van der Waals surface area (Å²) in [5.41, 5.74) is 4.24. The van der Waals surface area contributed by atoms with E-state index < -0.39 is 0 Å². The van der Waals surface area contributed by atoms with Gasteiger partial charge in [-0.1, -0.05) is 0 Å². The molecule has 0 bridgehead atoms. The molecule has 0 fully saturated rings. The molecule has 0 aliphatic rings. The number of benzene rings is 2. The first-order chi connectivity index (χ1) is 14.2. The molecule has 2 heterocycles. The quantitative estimate of drug-likeness (QED) is 0.292. The molecule has 7 heteroatoms. The number of ether oxygens (including phenoxy) is 2. The molecule has 30 heavy (non-hydrogen) atoms. The van der Waals surface area contributed by atoms with Crippen LogP contribution in [0.2, 0.25) is 0 Å². The van der Waals surface area contributed by atoms with Crippen LogP contribution in [0.4, 0.5) is 0 Å². The fourth-order valence-corrected chi connectivity index (χ4v) is 2.99. The molecule has 0 saturated heterocycles. The van der Waals surface area contributed by atoms with Gasteiger partial charge in [0.15, 0.2) is 18.2 Å². The Hall–Kier alpha value is -3.07. The van der Waals surface area contributed by atoms with Gasteiger partial charge in [0.25, 0.3) is 0 Å². The average Bonchev–Trinajstić information content (AvgIpc) is 2.79. The SMILES string of the molecule is COc1ccc(-c2nnc(-c3cc[n+](C)cc3)nc2-c2ccc(OC)cc2)cc1.[I-]. The topological polar surface area (TPSA) is 61.0 Å². The number of rotatable bonds is 5. The summed E-state index contributed by atoms with van der Waals surface area (Å²) in [7, 11) is 5.27. The molecule has 4 rings (SSSR count). The van der Waals surface area contributed by atoms with Crippen molar-refractivity contribution >= 4 is 0 Å². The Balaban J connectivity index is 0.00000256. The molecule has 4 aromatic rings. The van der Waals surface area contributed by atoms with Crippen molar-refractivity contribution in [3.8, 4) is 45.4 Å². The molecule has 0 radical (unpaired) electrons. The zero-order chi connectivity index (χ0) is 20.2. The first-order valence-electron chi connectivity index (χ1n) is 9.17. The Labute approximate surface area is 192 Å². The molecule has 152 valence electrons. The van der Waals surface area contributed by atoms with Crippen molar-refractivity contribution in [1.82, 2.24) is 15.2 Å². The van der Waals surface area contributed by atoms with Gasteiger partial charge in [0.05, 0.1) is 14.2 Å². The third-order valence-corrected chi connectivity index (χ3v) is 4.65. The highest BCUT2D eigenvalue weighted by Gasteiger charge is 2.15. The van der Waals surface area contributed by atoms with E-state index in [0.717, 1.165) is 33.9 Å². The van der Waals surface area contributed by atoms with Crippen LogP contribution in [0.3, 0.4) is 0 Å². The normalized spacial score (nSPS) is 10.2. The lowest BCUT2D eigenvalue weighted by atomic mass is 10.0. The summed E-state index contributed by atoms with van der Waals surface area (Å²) in [4.78, 5) is 4.86. The van der Waals surface area contributed by atoms with Crippen LogP contribution in [0.1, 0.15) is 0 Å². The molecule has 2 aromatic carbocycles. The number of halogens is 1. The third kappa shape index (κ3) is 4.56. The smallest absolute Gasteiger partial charge is 0.182 e. The number of aryl methyl sites for hydroxylation is 1. The second-order valence-corrected chi connectivity index (χ2v) is 6.54. The Bertz CT molecular complexity index is 1120. The van der Waals surface area contributed by atoms with Gasteiger partial charge < -0.3 is 33.5 Å². The maximum Gasteiger partial charge on any atom is 0.182 e. The summed E-state index contributed by atoms with van der Waals surface area (Å²) >= 11 is 0. The molecule has 2 aromatic heterocycles. The van der Waals surface area contributed by atoms with Gasteiger partial charge in [0, 0.05) is 28.8 Å². The molecular weight excluding hydrogens is 491 g/mol. The highest BCUT2D eigenvalue weighted by atomic mass is 127. The van der Waals surface area contributed by atoms with Crippen molar-refractivity contribution in [2.24, 2.45) is 7.05 Å². The van der Waals surface area contributed by atoms with E-state index in [1.165, 1.54) is 0 Å². The fraction of sp³-hybridized carbons (Fsp3) is 0.130. The van der Waals surface area contributed by atoms with Crippen LogP contribution < -0.4 is 38.0 Å². The molecule has 0 N–H and O–H groups in total. The summed E-state index contributed by atoms with van der Waals surface area (Å²) in [6.45, 7) is 0. The van der Waals surface area contributed by atoms with E-state index in [0.29, 0.717) is 11.5 Å². The van der Waals surface area contributed by atoms with Gasteiger partial charge in [-0.25, -0.2) is 9.55 Å². The lowest BCUT2D eigenvalue weighted by molar-refractivity contribution is -0.671. The molecular formula is C23H21IN4O2. The summed E-state index contributed by atoms with van der Waals surface area (Å²) < 4.78 is 12.5. The van der Waals surface area contributed by atoms with Gasteiger partial charge in [0.2, 0.25) is 0 Å². The van der Waals surface area contributed by atoms with E-state index in [-0.39, 0.29) is 24.0 Å². The molecule has 0 amide bonds. The van der Waals surface area contributed by atoms with Crippen molar-refractivity contribution in [2.75, 3.05) is 14.2 Å². The van der Waals surface area contributed by atoms with Gasteiger partial charge >= 0.3 is 0 Å². The van der Waals surface area contributed by atoms with Gasteiger partial charge in [-0.2, -0.15) is 0 Å². The van der Waals surface area contributed by atoms with Crippen LogP contribution in [0, 0.1) is 0 Å². The van der Waals surface area contributed by atoms with Crippen LogP contribution in [0.25, 0.3) is 33.9 Å². The van der Waals surface area contributed by atoms with E-state index in [2.05, 4.69) is 10.2 Å². The predicted molar refractivity (Wildman–Crippen MR) is 110 cm³/mol. The Morgan fingerprint density at radius 2 is 1.13 bits per heavy atom. The lowest BCUT2D eigenvalue weighted by Gasteiger charge is -2.10. The van der Waals surface area contributed by atoms with E-state index in [1.807, 2.05) is 84.7 Å². The molecule has 0 saturated carbocycles. The highest BCUT2D eigenvalue weighted by molar-refractivity contribution is 5.79. The average molecular weight is 512 g/mol. The Kier molecular flexibility index (Phi) is 6.94. The van der Waals surface area contributed by atoms with Crippen LogP contribution in [-0.4, -0.2) is 29.4 Å².